The Balaban J connectivity index is 1.83. The summed E-state index contributed by atoms with van der Waals surface area (Å²) in [4.78, 5) is 3.60. The Morgan fingerprint density at radius 1 is 1.00 bits per heavy atom. The molecule has 1 aromatic heterocycles. The zero-order valence-electron chi connectivity index (χ0n) is 14.2. The Kier molecular flexibility index (Phi) is 3.81. The van der Waals surface area contributed by atoms with Crippen molar-refractivity contribution in [2.24, 2.45) is 0 Å². The largest absolute Gasteiger partial charge is 0.338 e. The highest BCUT2D eigenvalue weighted by molar-refractivity contribution is 8.03. The molecule has 2 nitrogen and oxygen atoms in total. The number of pyridine rings is 1. The molecule has 0 atom stereocenters. The van der Waals surface area contributed by atoms with E-state index in [0.29, 0.717) is 6.04 Å². The molecular formula is C21H21N2S+. The van der Waals surface area contributed by atoms with E-state index in [0.717, 1.165) is 0 Å². The van der Waals surface area contributed by atoms with E-state index in [4.69, 9.17) is 0 Å². The number of hydrogen-bond acceptors (Lipinski definition) is 2. The molecule has 0 aliphatic carbocycles. The maximum Gasteiger partial charge on any atom is 0.213 e. The number of hydrogen-bond donors (Lipinski definition) is 0. The molecule has 3 aromatic rings. The van der Waals surface area contributed by atoms with E-state index in [1.165, 1.54) is 32.1 Å². The maximum atomic E-state index is 2.33. The molecule has 0 unspecified atom stereocenters. The van der Waals surface area contributed by atoms with Gasteiger partial charge >= 0.3 is 0 Å². The molecule has 0 saturated carbocycles. The molecule has 2 heterocycles. The van der Waals surface area contributed by atoms with Crippen LogP contribution in [0.2, 0.25) is 0 Å². The third-order valence-corrected chi connectivity index (χ3v) is 5.68. The molecule has 0 saturated heterocycles. The number of para-hydroxylation sites is 2. The summed E-state index contributed by atoms with van der Waals surface area (Å²) in [6.45, 7) is 4.45. The van der Waals surface area contributed by atoms with Gasteiger partial charge < -0.3 is 4.90 Å². The minimum Gasteiger partial charge on any atom is -0.338 e. The fraction of sp³-hybridized carbons (Fsp3) is 0.190. The number of thioether (sulfide) groups is 1. The number of rotatable bonds is 2. The highest BCUT2D eigenvalue weighted by Crippen LogP contribution is 2.45. The van der Waals surface area contributed by atoms with E-state index in [1.807, 2.05) is 11.8 Å². The van der Waals surface area contributed by atoms with Crippen molar-refractivity contribution < 1.29 is 4.57 Å². The number of anilines is 1. The molecule has 2 aromatic carbocycles. The van der Waals surface area contributed by atoms with Gasteiger partial charge in [0.15, 0.2) is 12.2 Å². The molecule has 0 bridgehead atoms. The van der Waals surface area contributed by atoms with Gasteiger partial charge in [-0.05, 0) is 43.7 Å². The number of fused-ring (bicyclic) bond motifs is 2. The molecule has 0 spiro atoms. The van der Waals surface area contributed by atoms with Gasteiger partial charge in [-0.1, -0.05) is 36.0 Å². The first-order valence-electron chi connectivity index (χ1n) is 8.30. The lowest BCUT2D eigenvalue weighted by Crippen LogP contribution is -2.36. The molecule has 1 aliphatic heterocycles. The standard InChI is InChI=1S/C21H21N2S/c1-15(2)23-13-12-16(17-8-4-5-9-18(17)23)14-21-22(3)19-10-6-7-11-20(19)24-21/h4-15H,1-3H3/q+1. The van der Waals surface area contributed by atoms with E-state index < -0.39 is 0 Å². The van der Waals surface area contributed by atoms with Crippen LogP contribution in [0.3, 0.4) is 0 Å². The van der Waals surface area contributed by atoms with Crippen LogP contribution in [0, 0.1) is 0 Å². The highest BCUT2D eigenvalue weighted by Gasteiger charge is 2.22. The summed E-state index contributed by atoms with van der Waals surface area (Å²) >= 11 is 1.84. The van der Waals surface area contributed by atoms with E-state index in [1.54, 1.807) is 0 Å². The molecule has 24 heavy (non-hydrogen) atoms. The fourth-order valence-electron chi connectivity index (χ4n) is 3.23. The number of benzene rings is 2. The predicted octanol–water partition coefficient (Wildman–Crippen LogP) is 5.25. The lowest BCUT2D eigenvalue weighted by molar-refractivity contribution is -0.691. The Morgan fingerprint density at radius 3 is 2.54 bits per heavy atom. The summed E-state index contributed by atoms with van der Waals surface area (Å²) in [6, 6.07) is 19.9. The summed E-state index contributed by atoms with van der Waals surface area (Å²) in [5, 5.41) is 2.56. The van der Waals surface area contributed by atoms with Crippen LogP contribution in [-0.2, 0) is 0 Å². The molecule has 3 heteroatoms. The van der Waals surface area contributed by atoms with Gasteiger partial charge in [0.25, 0.3) is 0 Å². The van der Waals surface area contributed by atoms with Crippen molar-refractivity contribution >= 4 is 34.4 Å². The Hall–Kier alpha value is -2.26. The summed E-state index contributed by atoms with van der Waals surface area (Å²) in [6.07, 6.45) is 4.50. The second-order valence-corrected chi connectivity index (χ2v) is 7.46. The zero-order valence-corrected chi connectivity index (χ0v) is 15.0. The molecule has 1 aliphatic rings. The molecule has 0 radical (unpaired) electrons. The Labute approximate surface area is 147 Å². The summed E-state index contributed by atoms with van der Waals surface area (Å²) in [5.41, 5.74) is 3.83. The van der Waals surface area contributed by atoms with Crippen LogP contribution in [0.4, 0.5) is 5.69 Å². The van der Waals surface area contributed by atoms with Crippen LogP contribution >= 0.6 is 11.8 Å². The van der Waals surface area contributed by atoms with Crippen LogP contribution < -0.4 is 9.47 Å². The van der Waals surface area contributed by atoms with Crippen LogP contribution in [0.5, 0.6) is 0 Å². The Bertz CT molecular complexity index is 943. The first-order valence-corrected chi connectivity index (χ1v) is 9.12. The highest BCUT2D eigenvalue weighted by atomic mass is 32.2. The SMILES string of the molecule is CC(C)[n+]1ccc(/C=C2\Sc3ccccc3N2C)c2ccccc21. The van der Waals surface area contributed by atoms with Gasteiger partial charge in [-0.3, -0.25) is 0 Å². The summed E-state index contributed by atoms with van der Waals surface area (Å²) in [7, 11) is 2.14. The van der Waals surface area contributed by atoms with Gasteiger partial charge in [-0.2, -0.15) is 4.57 Å². The Morgan fingerprint density at radius 2 is 1.75 bits per heavy atom. The first kappa shape index (κ1) is 15.3. The lowest BCUT2D eigenvalue weighted by Gasteiger charge is -2.14. The lowest BCUT2D eigenvalue weighted by atomic mass is 10.1. The minimum absolute atomic E-state index is 0.449. The molecular weight excluding hydrogens is 312 g/mol. The van der Waals surface area contributed by atoms with Crippen LogP contribution in [-0.4, -0.2) is 7.05 Å². The molecule has 4 rings (SSSR count). The van der Waals surface area contributed by atoms with Crippen molar-refractivity contribution in [2.75, 3.05) is 11.9 Å². The average molecular weight is 333 g/mol. The van der Waals surface area contributed by atoms with Gasteiger partial charge in [0.2, 0.25) is 5.52 Å². The van der Waals surface area contributed by atoms with Gasteiger partial charge in [-0.25, -0.2) is 0 Å². The number of aromatic nitrogens is 1. The van der Waals surface area contributed by atoms with Crippen LogP contribution in [0.15, 0.2) is 70.7 Å². The summed E-state index contributed by atoms with van der Waals surface area (Å²) in [5.74, 6) is 0. The van der Waals surface area contributed by atoms with Gasteiger partial charge in [0.05, 0.1) is 16.1 Å². The minimum atomic E-state index is 0.449. The van der Waals surface area contributed by atoms with Crippen molar-refractivity contribution in [1.29, 1.82) is 0 Å². The van der Waals surface area contributed by atoms with Gasteiger partial charge in [0.1, 0.15) is 0 Å². The van der Waals surface area contributed by atoms with Crippen molar-refractivity contribution in [3.05, 3.63) is 71.4 Å². The van der Waals surface area contributed by atoms with E-state index in [2.05, 4.69) is 97.2 Å². The quantitative estimate of drug-likeness (QED) is 0.591. The van der Waals surface area contributed by atoms with E-state index >= 15 is 0 Å². The van der Waals surface area contributed by atoms with E-state index in [-0.39, 0.29) is 0 Å². The van der Waals surface area contributed by atoms with Crippen molar-refractivity contribution in [3.63, 3.8) is 0 Å². The predicted molar refractivity (Wildman–Crippen MR) is 103 cm³/mol. The average Bonchev–Trinajstić information content (AvgIpc) is 2.91. The van der Waals surface area contributed by atoms with Crippen LogP contribution in [0.25, 0.3) is 17.0 Å². The summed E-state index contributed by atoms with van der Waals surface area (Å²) < 4.78 is 2.33. The molecule has 0 fully saturated rings. The van der Waals surface area contributed by atoms with Crippen molar-refractivity contribution in [2.45, 2.75) is 24.8 Å². The topological polar surface area (TPSA) is 7.12 Å². The first-order chi connectivity index (χ1) is 11.6. The molecule has 0 amide bonds. The smallest absolute Gasteiger partial charge is 0.213 e. The van der Waals surface area contributed by atoms with Gasteiger partial charge in [0, 0.05) is 24.1 Å². The maximum absolute atomic E-state index is 2.33. The monoisotopic (exact) mass is 333 g/mol. The second kappa shape index (κ2) is 5.99. The molecule has 120 valence electrons. The number of nitrogens with zero attached hydrogens (tertiary/aromatic N) is 2. The van der Waals surface area contributed by atoms with Crippen molar-refractivity contribution in [3.8, 4) is 0 Å². The van der Waals surface area contributed by atoms with Gasteiger partial charge in [-0.15, -0.1) is 0 Å². The van der Waals surface area contributed by atoms with Crippen LogP contribution in [0.1, 0.15) is 25.5 Å². The third-order valence-electron chi connectivity index (χ3n) is 4.51. The molecule has 0 N–H and O–H groups in total. The zero-order chi connectivity index (χ0) is 16.7. The van der Waals surface area contributed by atoms with Crippen molar-refractivity contribution in [1.82, 2.24) is 0 Å². The second-order valence-electron chi connectivity index (χ2n) is 6.40. The van der Waals surface area contributed by atoms with E-state index in [9.17, 15) is 0 Å². The third kappa shape index (κ3) is 2.49. The normalized spacial score (nSPS) is 15.5. The fourth-order valence-corrected chi connectivity index (χ4v) is 4.33.